The molecule has 0 aromatic heterocycles. The fourth-order valence-corrected chi connectivity index (χ4v) is 1.07. The summed E-state index contributed by atoms with van der Waals surface area (Å²) in [5.74, 6) is 0.703. The van der Waals surface area contributed by atoms with Crippen molar-refractivity contribution >= 4 is 29.7 Å². The van der Waals surface area contributed by atoms with Gasteiger partial charge in [0, 0.05) is 6.42 Å². The second kappa shape index (κ2) is 12.9. The molecule has 0 aromatic carbocycles. The van der Waals surface area contributed by atoms with Crippen molar-refractivity contribution < 1.29 is 4.79 Å². The molecule has 0 spiro atoms. The van der Waals surface area contributed by atoms with Crippen LogP contribution in [0.4, 0.5) is 0 Å². The summed E-state index contributed by atoms with van der Waals surface area (Å²) in [7, 11) is 0. The summed E-state index contributed by atoms with van der Waals surface area (Å²) >= 11 is 0. The van der Waals surface area contributed by atoms with Gasteiger partial charge in [-0.3, -0.25) is 4.79 Å². The number of hydrogen-bond acceptors (Lipinski definition) is 1. The third kappa shape index (κ3) is 8.54. The van der Waals surface area contributed by atoms with Gasteiger partial charge in [-0.2, -0.15) is 0 Å². The molecule has 1 aliphatic rings. The molecule has 1 atom stereocenters. The number of ketones is 1. The molecule has 0 saturated heterocycles. The molecule has 0 aliphatic heterocycles. The fourth-order valence-electron chi connectivity index (χ4n) is 1.07. The van der Waals surface area contributed by atoms with Crippen molar-refractivity contribution in [3.63, 3.8) is 0 Å². The summed E-state index contributed by atoms with van der Waals surface area (Å²) < 4.78 is 0. The Labute approximate surface area is 107 Å². The zero-order valence-corrected chi connectivity index (χ0v) is 9.49. The first-order chi connectivity index (χ1) is 4.83. The van der Waals surface area contributed by atoms with E-state index in [9.17, 15) is 4.79 Å². The van der Waals surface area contributed by atoms with Gasteiger partial charge in [0.1, 0.15) is 0 Å². The first kappa shape index (κ1) is 23.6. The van der Waals surface area contributed by atoms with Crippen LogP contribution in [0.2, 0.25) is 0 Å². The maximum absolute atomic E-state index is 10.7. The zero-order valence-electron chi connectivity index (χ0n) is 6.63. The van der Waals surface area contributed by atoms with Crippen LogP contribution in [0.1, 0.15) is 42.0 Å². The molecule has 14 heavy (non-hydrogen) atoms. The van der Waals surface area contributed by atoms with Gasteiger partial charge in [0.25, 0.3) is 0 Å². The van der Waals surface area contributed by atoms with Crippen LogP contribution in [0.25, 0.3) is 0 Å². The maximum Gasteiger partial charge on any atom is 4.00 e. The Morgan fingerprint density at radius 3 is 2.43 bits per heavy atom. The minimum Gasteiger partial charge on any atom is -0.295 e. The van der Waals surface area contributed by atoms with Gasteiger partial charge in [0.05, 0.1) is 0 Å². The van der Waals surface area contributed by atoms with E-state index < -0.39 is 0 Å². The molecule has 77 valence electrons. The molecule has 0 heterocycles. The second-order valence-corrected chi connectivity index (χ2v) is 2.52. The second-order valence-electron chi connectivity index (χ2n) is 2.52. The van der Waals surface area contributed by atoms with E-state index in [1.807, 2.05) is 19.1 Å². The minimum atomic E-state index is 0. The molecule has 2 heteroatoms. The predicted octanol–water partition coefficient (Wildman–Crippen LogP) is 3.43. The van der Waals surface area contributed by atoms with Gasteiger partial charge in [-0.15, -0.1) is 0 Å². The Morgan fingerprint density at radius 2 is 2.07 bits per heavy atom. The predicted molar refractivity (Wildman–Crippen MR) is 66.3 cm³/mol. The van der Waals surface area contributed by atoms with Crippen LogP contribution in [0.3, 0.4) is 0 Å². The summed E-state index contributed by atoms with van der Waals surface area (Å²) in [4.78, 5) is 10.7. The summed E-state index contributed by atoms with van der Waals surface area (Å²) in [5.41, 5.74) is 0. The molecule has 1 rings (SSSR count). The van der Waals surface area contributed by atoms with E-state index in [0.29, 0.717) is 12.3 Å². The van der Waals surface area contributed by atoms with E-state index in [4.69, 9.17) is 0 Å². The number of allylic oxidation sites excluding steroid dienone is 4. The van der Waals surface area contributed by atoms with E-state index in [-0.39, 0.29) is 52.0 Å². The van der Waals surface area contributed by atoms with E-state index >= 15 is 0 Å². The quantitative estimate of drug-likeness (QED) is 0.714. The van der Waals surface area contributed by atoms with E-state index in [2.05, 4.69) is 6.08 Å². The molecule has 0 bridgehead atoms. The number of rotatable bonds is 2. The third-order valence-electron chi connectivity index (χ3n) is 1.64. The zero-order chi connectivity index (χ0) is 7.40. The molecule has 0 saturated carbocycles. The molecular weight excluding hydrogens is 279 g/mol. The van der Waals surface area contributed by atoms with Crippen molar-refractivity contribution in [1.82, 2.24) is 0 Å². The molecule has 0 aromatic rings. The van der Waals surface area contributed by atoms with Crippen molar-refractivity contribution in [2.75, 3.05) is 0 Å². The van der Waals surface area contributed by atoms with E-state index in [1.165, 1.54) is 0 Å². The van der Waals surface area contributed by atoms with Crippen molar-refractivity contribution in [3.05, 3.63) is 24.3 Å². The Hall–Kier alpha value is -0.0513. The number of carbonyl (C=O) groups excluding carboxylic acids is 1. The van der Waals surface area contributed by atoms with Crippen LogP contribution in [0.15, 0.2) is 18.2 Å². The normalized spacial score (nSPS) is 17.8. The average Bonchev–Trinajstić information content (AvgIpc) is 2.31. The Bertz CT molecular complexity index is 183. The smallest absolute Gasteiger partial charge is 0.295 e. The third-order valence-corrected chi connectivity index (χ3v) is 1.64. The summed E-state index contributed by atoms with van der Waals surface area (Å²) in [6.07, 6.45) is 10.2. The first-order valence-corrected chi connectivity index (χ1v) is 3.53. The van der Waals surface area contributed by atoms with Gasteiger partial charge in [-0.05, 0) is 25.3 Å². The van der Waals surface area contributed by atoms with Crippen molar-refractivity contribution in [2.45, 2.75) is 42.0 Å². The Balaban J connectivity index is -0.000000125. The van der Waals surface area contributed by atoms with Crippen LogP contribution in [0, 0.1) is 12.0 Å². The van der Waals surface area contributed by atoms with Gasteiger partial charge in [-0.1, -0.05) is 40.5 Å². The van der Waals surface area contributed by atoms with Gasteiger partial charge in [0.15, 0.2) is 5.78 Å². The van der Waals surface area contributed by atoms with Gasteiger partial charge in [-0.25, -0.2) is 0 Å². The largest absolute Gasteiger partial charge is 4.00 e. The van der Waals surface area contributed by atoms with Crippen molar-refractivity contribution in [1.29, 1.82) is 0 Å². The van der Waals surface area contributed by atoms with Gasteiger partial charge >= 0.3 is 23.9 Å². The van der Waals surface area contributed by atoms with Gasteiger partial charge < -0.3 is 0 Å². The molecule has 0 N–H and O–H groups in total. The Kier molecular flexibility index (Phi) is 21.9. The summed E-state index contributed by atoms with van der Waals surface area (Å²) in [6.45, 7) is 1.88. The van der Waals surface area contributed by atoms with Crippen LogP contribution >= 0.6 is 0 Å². The van der Waals surface area contributed by atoms with Crippen molar-refractivity contribution in [3.8, 4) is 0 Å². The minimum absolute atomic E-state index is 0. The topological polar surface area (TPSA) is 17.1 Å². The molecule has 1 nitrogen and oxygen atoms in total. The summed E-state index contributed by atoms with van der Waals surface area (Å²) in [5, 5.41) is 0. The van der Waals surface area contributed by atoms with Gasteiger partial charge in [0.2, 0.25) is 0 Å². The van der Waals surface area contributed by atoms with Crippen LogP contribution < -0.4 is 0 Å². The van der Waals surface area contributed by atoms with Crippen LogP contribution in [-0.4, -0.2) is 29.7 Å². The number of hydrogen-bond donors (Lipinski definition) is 0. The van der Waals surface area contributed by atoms with E-state index in [0.717, 1.165) is 6.42 Å². The molecule has 0 amide bonds. The molecule has 1 unspecified atom stereocenters. The molecule has 1 radical (unpaired) electrons. The SMILES string of the molecule is C.C.C.C[C]=CCC1C=CC(=O)C1.[Sn+4]. The van der Waals surface area contributed by atoms with Crippen molar-refractivity contribution in [2.24, 2.45) is 5.92 Å². The molecular formula is C12H23OSn+4. The first-order valence-electron chi connectivity index (χ1n) is 3.53. The van der Waals surface area contributed by atoms with E-state index in [1.54, 1.807) is 6.08 Å². The Morgan fingerprint density at radius 1 is 1.50 bits per heavy atom. The monoisotopic (exact) mass is 303 g/mol. The number of carbonyl (C=O) groups is 1. The average molecular weight is 302 g/mol. The van der Waals surface area contributed by atoms with Crippen LogP contribution in [0.5, 0.6) is 0 Å². The standard InChI is InChI=1S/C9H11O.3CH4.Sn/c1-2-3-4-8-5-6-9(10)7-8;;;;/h3,5-6,8H,4,7H2,1H3;3*1H4;/q;;;;+4. The molecule has 1 aliphatic carbocycles. The summed E-state index contributed by atoms with van der Waals surface area (Å²) in [6, 6.07) is 0. The molecule has 0 fully saturated rings. The fraction of sp³-hybridized carbons (Fsp3) is 0.583. The maximum atomic E-state index is 10.7. The van der Waals surface area contributed by atoms with Crippen LogP contribution in [-0.2, 0) is 4.79 Å².